The van der Waals surface area contributed by atoms with Crippen LogP contribution in [-0.2, 0) is 0 Å². The van der Waals surface area contributed by atoms with Gasteiger partial charge in [0.15, 0.2) is 0 Å². The van der Waals surface area contributed by atoms with E-state index in [-0.39, 0.29) is 0 Å². The zero-order chi connectivity index (χ0) is 13.8. The van der Waals surface area contributed by atoms with Gasteiger partial charge in [-0.05, 0) is 18.7 Å². The predicted octanol–water partition coefficient (Wildman–Crippen LogP) is 2.98. The van der Waals surface area contributed by atoms with Gasteiger partial charge < -0.3 is 10.1 Å². The lowest BCUT2D eigenvalue weighted by molar-refractivity contribution is 0.411. The molecule has 1 aliphatic heterocycles. The van der Waals surface area contributed by atoms with Gasteiger partial charge in [0.2, 0.25) is 0 Å². The molecule has 0 spiro atoms. The summed E-state index contributed by atoms with van der Waals surface area (Å²) in [4.78, 5) is 4.27. The second kappa shape index (κ2) is 6.86. The van der Waals surface area contributed by atoms with Crippen LogP contribution in [0, 0.1) is 0 Å². The van der Waals surface area contributed by atoms with E-state index in [1.165, 1.54) is 11.3 Å². The van der Waals surface area contributed by atoms with E-state index in [4.69, 9.17) is 4.74 Å². The molecule has 1 saturated heterocycles. The summed E-state index contributed by atoms with van der Waals surface area (Å²) in [7, 11) is 3.71. The Kier molecular flexibility index (Phi) is 5.42. The van der Waals surface area contributed by atoms with Crippen molar-refractivity contribution in [2.24, 2.45) is 0 Å². The van der Waals surface area contributed by atoms with Gasteiger partial charge in [0, 0.05) is 33.7 Å². The fraction of sp³-hybridized carbons (Fsp3) is 0.643. The Labute approximate surface area is 124 Å². The highest BCUT2D eigenvalue weighted by atomic mass is 32.2. The highest BCUT2D eigenvalue weighted by molar-refractivity contribution is 8.07. The number of nitrogens with zero attached hydrogens (tertiary/aromatic N) is 1. The molecule has 4 atom stereocenters. The van der Waals surface area contributed by atoms with Crippen molar-refractivity contribution in [1.82, 2.24) is 10.3 Å². The lowest BCUT2D eigenvalue weighted by atomic mass is 10.1. The fourth-order valence-electron chi connectivity index (χ4n) is 2.27. The van der Waals surface area contributed by atoms with Crippen LogP contribution >= 0.6 is 23.5 Å². The number of aromatic nitrogens is 1. The van der Waals surface area contributed by atoms with Crippen molar-refractivity contribution < 1.29 is 4.74 Å². The summed E-state index contributed by atoms with van der Waals surface area (Å²) in [5.74, 6) is 2.01. The maximum absolute atomic E-state index is 5.27. The van der Waals surface area contributed by atoms with Gasteiger partial charge in [-0.25, -0.2) is 0 Å². The lowest BCUT2D eigenvalue weighted by Gasteiger charge is -2.36. The molecule has 1 fully saturated rings. The van der Waals surface area contributed by atoms with Crippen molar-refractivity contribution in [3.63, 3.8) is 0 Å². The molecule has 2 heterocycles. The van der Waals surface area contributed by atoms with Gasteiger partial charge in [0.1, 0.15) is 5.75 Å². The van der Waals surface area contributed by atoms with Crippen LogP contribution in [0.3, 0.4) is 0 Å². The molecule has 0 radical (unpaired) electrons. The van der Waals surface area contributed by atoms with E-state index in [0.717, 1.165) is 11.0 Å². The van der Waals surface area contributed by atoms with Gasteiger partial charge >= 0.3 is 0 Å². The average molecular weight is 298 g/mol. The number of pyridine rings is 1. The minimum Gasteiger partial charge on any atom is -0.495 e. The standard InChI is InChI=1S/C14H22N2OS2/c1-9-10(2)19-13(8-18-9)14(15-3)11-5-12(17-4)7-16-6-11/h5-7,9-10,13-15H,8H2,1-4H3. The summed E-state index contributed by atoms with van der Waals surface area (Å²) in [6.07, 6.45) is 3.70. The summed E-state index contributed by atoms with van der Waals surface area (Å²) < 4.78 is 5.27. The molecule has 1 aromatic heterocycles. The van der Waals surface area contributed by atoms with Crippen LogP contribution in [-0.4, -0.2) is 40.6 Å². The summed E-state index contributed by atoms with van der Waals surface area (Å²) in [6, 6.07) is 2.41. The van der Waals surface area contributed by atoms with E-state index in [0.29, 0.717) is 16.5 Å². The molecule has 1 aromatic rings. The first-order valence-corrected chi connectivity index (χ1v) is 8.58. The molecular weight excluding hydrogens is 276 g/mol. The highest BCUT2D eigenvalue weighted by Gasteiger charge is 2.31. The SMILES string of the molecule is CNC(c1cncc(OC)c1)C1CSC(C)C(C)S1. The number of thioether (sulfide) groups is 2. The first-order chi connectivity index (χ1) is 9.15. The third-order valence-corrected chi connectivity index (χ3v) is 7.08. The molecule has 0 saturated carbocycles. The number of ether oxygens (including phenoxy) is 1. The summed E-state index contributed by atoms with van der Waals surface area (Å²) >= 11 is 4.15. The number of nitrogens with one attached hydrogen (secondary N) is 1. The number of hydrogen-bond acceptors (Lipinski definition) is 5. The number of hydrogen-bond donors (Lipinski definition) is 1. The van der Waals surface area contributed by atoms with Crippen molar-refractivity contribution in [2.75, 3.05) is 19.9 Å². The maximum atomic E-state index is 5.27. The normalized spacial score (nSPS) is 28.9. The van der Waals surface area contributed by atoms with Crippen molar-refractivity contribution in [3.8, 4) is 5.75 Å². The summed E-state index contributed by atoms with van der Waals surface area (Å²) in [5.41, 5.74) is 1.21. The van der Waals surface area contributed by atoms with Gasteiger partial charge in [-0.2, -0.15) is 23.5 Å². The van der Waals surface area contributed by atoms with E-state index in [9.17, 15) is 0 Å². The molecule has 3 nitrogen and oxygen atoms in total. The Morgan fingerprint density at radius 3 is 2.79 bits per heavy atom. The van der Waals surface area contributed by atoms with Crippen LogP contribution in [0.2, 0.25) is 0 Å². The third-order valence-electron chi connectivity index (χ3n) is 3.59. The molecule has 106 valence electrons. The molecule has 1 aliphatic rings. The zero-order valence-corrected chi connectivity index (χ0v) is 13.6. The van der Waals surface area contributed by atoms with Gasteiger partial charge in [-0.3, -0.25) is 4.98 Å². The first kappa shape index (κ1) is 15.0. The second-order valence-corrected chi connectivity index (χ2v) is 7.87. The number of methoxy groups -OCH3 is 1. The van der Waals surface area contributed by atoms with Gasteiger partial charge in [0.25, 0.3) is 0 Å². The average Bonchev–Trinajstić information content (AvgIpc) is 2.44. The molecular formula is C14H22N2OS2. The van der Waals surface area contributed by atoms with Crippen LogP contribution in [0.5, 0.6) is 5.75 Å². The zero-order valence-electron chi connectivity index (χ0n) is 11.9. The largest absolute Gasteiger partial charge is 0.495 e. The molecule has 0 amide bonds. The fourth-order valence-corrected chi connectivity index (χ4v) is 5.42. The van der Waals surface area contributed by atoms with E-state index < -0.39 is 0 Å². The molecule has 4 unspecified atom stereocenters. The topological polar surface area (TPSA) is 34.2 Å². The Hall–Kier alpha value is -0.390. The van der Waals surface area contributed by atoms with E-state index in [1.807, 2.05) is 13.2 Å². The minimum absolute atomic E-state index is 0.329. The molecule has 0 bridgehead atoms. The Morgan fingerprint density at radius 2 is 2.16 bits per heavy atom. The van der Waals surface area contributed by atoms with Crippen LogP contribution < -0.4 is 10.1 Å². The first-order valence-electron chi connectivity index (χ1n) is 6.59. The molecule has 5 heteroatoms. The summed E-state index contributed by atoms with van der Waals surface area (Å²) in [6.45, 7) is 4.64. The van der Waals surface area contributed by atoms with Crippen molar-refractivity contribution in [3.05, 3.63) is 24.0 Å². The van der Waals surface area contributed by atoms with Gasteiger partial charge in [-0.1, -0.05) is 13.8 Å². The van der Waals surface area contributed by atoms with Crippen LogP contribution in [0.15, 0.2) is 18.5 Å². The highest BCUT2D eigenvalue weighted by Crippen LogP contribution is 2.41. The molecule has 0 aliphatic carbocycles. The Balaban J connectivity index is 2.15. The predicted molar refractivity (Wildman–Crippen MR) is 85.4 cm³/mol. The van der Waals surface area contributed by atoms with E-state index in [1.54, 1.807) is 13.3 Å². The number of rotatable bonds is 4. The molecule has 0 aromatic carbocycles. The van der Waals surface area contributed by atoms with Gasteiger partial charge in [-0.15, -0.1) is 0 Å². The maximum Gasteiger partial charge on any atom is 0.137 e. The van der Waals surface area contributed by atoms with Crippen molar-refractivity contribution >= 4 is 23.5 Å². The van der Waals surface area contributed by atoms with E-state index >= 15 is 0 Å². The van der Waals surface area contributed by atoms with Crippen LogP contribution in [0.4, 0.5) is 0 Å². The second-order valence-electron chi connectivity index (χ2n) is 4.84. The third kappa shape index (κ3) is 3.58. The van der Waals surface area contributed by atoms with Crippen LogP contribution in [0.25, 0.3) is 0 Å². The smallest absolute Gasteiger partial charge is 0.137 e. The quantitative estimate of drug-likeness (QED) is 0.924. The molecule has 2 rings (SSSR count). The van der Waals surface area contributed by atoms with Crippen molar-refractivity contribution in [1.29, 1.82) is 0 Å². The van der Waals surface area contributed by atoms with Crippen LogP contribution in [0.1, 0.15) is 25.5 Å². The van der Waals surface area contributed by atoms with Crippen molar-refractivity contribution in [2.45, 2.75) is 35.6 Å². The Bertz CT molecular complexity index is 416. The monoisotopic (exact) mass is 298 g/mol. The van der Waals surface area contributed by atoms with E-state index in [2.05, 4.69) is 53.7 Å². The lowest BCUT2D eigenvalue weighted by Crippen LogP contribution is -2.35. The molecule has 19 heavy (non-hydrogen) atoms. The van der Waals surface area contributed by atoms with Gasteiger partial charge in [0.05, 0.1) is 13.3 Å². The summed E-state index contributed by atoms with van der Waals surface area (Å²) in [5, 5.41) is 5.45. The Morgan fingerprint density at radius 1 is 1.37 bits per heavy atom. The minimum atomic E-state index is 0.329. The molecule has 1 N–H and O–H groups in total.